The quantitative estimate of drug-likeness (QED) is 0.612. The largest absolute Gasteiger partial charge is 0.497 e. The number of carbonyl (C=O) groups is 1. The summed E-state index contributed by atoms with van der Waals surface area (Å²) in [5.74, 6) is 1.13. The monoisotopic (exact) mass is 368 g/mol. The number of hydrogen-bond acceptors (Lipinski definition) is 3. The first kappa shape index (κ1) is 13.9. The van der Waals surface area contributed by atoms with Crippen LogP contribution in [0.15, 0.2) is 42.5 Å². The Kier molecular flexibility index (Phi) is 4.42. The Morgan fingerprint density at radius 3 is 2.37 bits per heavy atom. The van der Waals surface area contributed by atoms with E-state index in [4.69, 9.17) is 9.47 Å². The summed E-state index contributed by atoms with van der Waals surface area (Å²) in [6, 6.07) is 12.7. The predicted octanol–water partition coefficient (Wildman–Crippen LogP) is 3.54. The third-order valence-electron chi connectivity index (χ3n) is 2.77. The molecule has 0 saturated heterocycles. The summed E-state index contributed by atoms with van der Waals surface area (Å²) in [6.07, 6.45) is 0. The molecule has 0 bridgehead atoms. The fourth-order valence-electron chi connectivity index (χ4n) is 1.78. The third-order valence-corrected chi connectivity index (χ3v) is 3.71. The maximum Gasteiger partial charge on any atom is 0.197 e. The Morgan fingerprint density at radius 1 is 1.00 bits per heavy atom. The predicted molar refractivity (Wildman–Crippen MR) is 82.1 cm³/mol. The van der Waals surface area contributed by atoms with Gasteiger partial charge >= 0.3 is 0 Å². The van der Waals surface area contributed by atoms with E-state index in [-0.39, 0.29) is 5.78 Å². The topological polar surface area (TPSA) is 35.5 Å². The average Bonchev–Trinajstić information content (AvgIpc) is 2.46. The average molecular weight is 368 g/mol. The Morgan fingerprint density at radius 2 is 1.74 bits per heavy atom. The van der Waals surface area contributed by atoms with Gasteiger partial charge in [0.1, 0.15) is 11.5 Å². The van der Waals surface area contributed by atoms with Gasteiger partial charge < -0.3 is 9.47 Å². The minimum absolute atomic E-state index is 0.0514. The standard InChI is InChI=1S/C15H13IO3/c1-18-10-7-8-12(14(9-10)19-2)15(17)11-5-3-4-6-13(11)16/h3-9H,1-2H3. The van der Waals surface area contributed by atoms with E-state index in [2.05, 4.69) is 22.6 Å². The zero-order chi connectivity index (χ0) is 13.8. The summed E-state index contributed by atoms with van der Waals surface area (Å²) in [5.41, 5.74) is 1.21. The first-order valence-electron chi connectivity index (χ1n) is 5.68. The van der Waals surface area contributed by atoms with Gasteiger partial charge in [0, 0.05) is 15.2 Å². The number of rotatable bonds is 4. The van der Waals surface area contributed by atoms with Gasteiger partial charge in [0.15, 0.2) is 5.78 Å². The Labute approximate surface area is 125 Å². The van der Waals surface area contributed by atoms with E-state index in [9.17, 15) is 4.79 Å². The zero-order valence-corrected chi connectivity index (χ0v) is 12.8. The van der Waals surface area contributed by atoms with Crippen LogP contribution in [0.2, 0.25) is 0 Å². The van der Waals surface area contributed by atoms with Crippen molar-refractivity contribution in [3.8, 4) is 11.5 Å². The molecule has 0 unspecified atom stereocenters. The van der Waals surface area contributed by atoms with Gasteiger partial charge in [-0.05, 0) is 46.9 Å². The molecule has 0 heterocycles. The van der Waals surface area contributed by atoms with Crippen molar-refractivity contribution in [1.29, 1.82) is 0 Å². The highest BCUT2D eigenvalue weighted by Crippen LogP contribution is 2.27. The van der Waals surface area contributed by atoms with E-state index in [0.717, 1.165) is 3.57 Å². The van der Waals surface area contributed by atoms with Crippen molar-refractivity contribution in [2.75, 3.05) is 14.2 Å². The lowest BCUT2D eigenvalue weighted by molar-refractivity contribution is 0.103. The molecule has 2 aromatic carbocycles. The Balaban J connectivity index is 2.47. The molecule has 0 spiro atoms. The van der Waals surface area contributed by atoms with Gasteiger partial charge in [-0.3, -0.25) is 4.79 Å². The van der Waals surface area contributed by atoms with Crippen LogP contribution in [-0.4, -0.2) is 20.0 Å². The Hall–Kier alpha value is -1.56. The number of ketones is 1. The highest BCUT2D eigenvalue weighted by Gasteiger charge is 2.17. The lowest BCUT2D eigenvalue weighted by atomic mass is 10.0. The van der Waals surface area contributed by atoms with Crippen LogP contribution in [0.5, 0.6) is 11.5 Å². The van der Waals surface area contributed by atoms with Gasteiger partial charge in [-0.1, -0.05) is 12.1 Å². The summed E-state index contributed by atoms with van der Waals surface area (Å²) >= 11 is 2.15. The van der Waals surface area contributed by atoms with Crippen LogP contribution in [0, 0.1) is 3.57 Å². The molecule has 0 atom stereocenters. The van der Waals surface area contributed by atoms with Crippen LogP contribution >= 0.6 is 22.6 Å². The van der Waals surface area contributed by atoms with E-state index in [1.807, 2.05) is 24.3 Å². The third kappa shape index (κ3) is 2.89. The number of methoxy groups -OCH3 is 2. The van der Waals surface area contributed by atoms with E-state index in [1.165, 1.54) is 0 Å². The van der Waals surface area contributed by atoms with Crippen molar-refractivity contribution in [3.63, 3.8) is 0 Å². The molecule has 98 valence electrons. The molecule has 2 aromatic rings. The van der Waals surface area contributed by atoms with Crippen molar-refractivity contribution >= 4 is 28.4 Å². The van der Waals surface area contributed by atoms with Gasteiger partial charge in [0.2, 0.25) is 0 Å². The van der Waals surface area contributed by atoms with Crippen LogP contribution in [-0.2, 0) is 0 Å². The molecule has 4 heteroatoms. The van der Waals surface area contributed by atoms with Gasteiger partial charge in [-0.25, -0.2) is 0 Å². The summed E-state index contributed by atoms with van der Waals surface area (Å²) in [7, 11) is 3.12. The summed E-state index contributed by atoms with van der Waals surface area (Å²) in [4.78, 5) is 12.5. The van der Waals surface area contributed by atoms with Crippen molar-refractivity contribution in [2.24, 2.45) is 0 Å². The van der Waals surface area contributed by atoms with Gasteiger partial charge in [0.05, 0.1) is 19.8 Å². The number of ether oxygens (including phenoxy) is 2. The van der Waals surface area contributed by atoms with Gasteiger partial charge in [-0.15, -0.1) is 0 Å². The fourth-order valence-corrected chi connectivity index (χ4v) is 2.41. The molecule has 0 saturated carbocycles. The normalized spacial score (nSPS) is 10.1. The van der Waals surface area contributed by atoms with Crippen LogP contribution in [0.4, 0.5) is 0 Å². The maximum atomic E-state index is 12.5. The van der Waals surface area contributed by atoms with Crippen molar-refractivity contribution in [1.82, 2.24) is 0 Å². The molecule has 0 fully saturated rings. The van der Waals surface area contributed by atoms with Crippen molar-refractivity contribution < 1.29 is 14.3 Å². The van der Waals surface area contributed by atoms with E-state index in [0.29, 0.717) is 22.6 Å². The first-order chi connectivity index (χ1) is 9.17. The molecular weight excluding hydrogens is 355 g/mol. The SMILES string of the molecule is COc1ccc(C(=O)c2ccccc2I)c(OC)c1. The molecule has 3 nitrogen and oxygen atoms in total. The molecule has 0 amide bonds. The van der Waals surface area contributed by atoms with Crippen LogP contribution in [0.3, 0.4) is 0 Å². The minimum Gasteiger partial charge on any atom is -0.497 e. The van der Waals surface area contributed by atoms with Crippen LogP contribution < -0.4 is 9.47 Å². The number of carbonyl (C=O) groups excluding carboxylic acids is 1. The molecular formula is C15H13IO3. The molecule has 19 heavy (non-hydrogen) atoms. The molecule has 0 aromatic heterocycles. The van der Waals surface area contributed by atoms with E-state index < -0.39 is 0 Å². The van der Waals surface area contributed by atoms with Crippen molar-refractivity contribution in [2.45, 2.75) is 0 Å². The second-order valence-corrected chi connectivity index (χ2v) is 5.04. The second kappa shape index (κ2) is 6.06. The van der Waals surface area contributed by atoms with Gasteiger partial charge in [-0.2, -0.15) is 0 Å². The maximum absolute atomic E-state index is 12.5. The summed E-state index contributed by atoms with van der Waals surface area (Å²) in [5, 5.41) is 0. The van der Waals surface area contributed by atoms with Crippen LogP contribution in [0.1, 0.15) is 15.9 Å². The highest BCUT2D eigenvalue weighted by molar-refractivity contribution is 14.1. The lowest BCUT2D eigenvalue weighted by Gasteiger charge is -2.10. The minimum atomic E-state index is -0.0514. The van der Waals surface area contributed by atoms with Crippen molar-refractivity contribution in [3.05, 3.63) is 57.2 Å². The Bertz CT molecular complexity index is 608. The number of halogens is 1. The molecule has 0 aliphatic carbocycles. The molecule has 0 aliphatic rings. The summed E-state index contributed by atoms with van der Waals surface area (Å²) < 4.78 is 11.3. The number of hydrogen-bond donors (Lipinski definition) is 0. The zero-order valence-electron chi connectivity index (χ0n) is 10.6. The molecule has 2 rings (SSSR count). The van der Waals surface area contributed by atoms with E-state index >= 15 is 0 Å². The van der Waals surface area contributed by atoms with Crippen LogP contribution in [0.25, 0.3) is 0 Å². The lowest BCUT2D eigenvalue weighted by Crippen LogP contribution is -2.06. The fraction of sp³-hybridized carbons (Fsp3) is 0.133. The second-order valence-electron chi connectivity index (χ2n) is 3.88. The first-order valence-corrected chi connectivity index (χ1v) is 6.76. The summed E-state index contributed by atoms with van der Waals surface area (Å²) in [6.45, 7) is 0. The smallest absolute Gasteiger partial charge is 0.197 e. The highest BCUT2D eigenvalue weighted by atomic mass is 127. The number of benzene rings is 2. The molecule has 0 radical (unpaired) electrons. The van der Waals surface area contributed by atoms with E-state index in [1.54, 1.807) is 32.4 Å². The molecule has 0 aliphatic heterocycles. The van der Waals surface area contributed by atoms with Gasteiger partial charge in [0.25, 0.3) is 0 Å². The molecule has 0 N–H and O–H groups in total.